The highest BCUT2D eigenvalue weighted by atomic mass is 32.1. The van der Waals surface area contributed by atoms with Crippen LogP contribution in [0.4, 0.5) is 5.13 Å². The molecule has 1 fully saturated rings. The molecular formula is C14H18N2O2S. The lowest BCUT2D eigenvalue weighted by Gasteiger charge is -2.30. The van der Waals surface area contributed by atoms with Gasteiger partial charge in [-0.15, -0.1) is 0 Å². The maximum atomic E-state index is 5.42. The van der Waals surface area contributed by atoms with Crippen LogP contribution in [0.3, 0.4) is 0 Å². The van der Waals surface area contributed by atoms with Gasteiger partial charge in [-0.2, -0.15) is 0 Å². The fourth-order valence-electron chi connectivity index (χ4n) is 2.46. The lowest BCUT2D eigenvalue weighted by molar-refractivity contribution is 0.0855. The maximum Gasteiger partial charge on any atom is 0.186 e. The standard InChI is InChI=1S/C14H18N2O2S/c1-16(10-6-8-18-9-7-10)14-15-13-11(17-2)4-3-5-12(13)19-14/h3-5,10H,6-9H2,1-2H3. The Hall–Kier alpha value is -1.33. The molecule has 1 aromatic carbocycles. The zero-order chi connectivity index (χ0) is 13.2. The Morgan fingerprint density at radius 1 is 1.37 bits per heavy atom. The summed E-state index contributed by atoms with van der Waals surface area (Å²) in [6.45, 7) is 1.70. The van der Waals surface area contributed by atoms with Crippen molar-refractivity contribution in [3.05, 3.63) is 18.2 Å². The first-order valence-electron chi connectivity index (χ1n) is 6.53. The number of hydrogen-bond donors (Lipinski definition) is 0. The Labute approximate surface area is 117 Å². The fraction of sp³-hybridized carbons (Fsp3) is 0.500. The largest absolute Gasteiger partial charge is 0.494 e. The van der Waals surface area contributed by atoms with E-state index in [-0.39, 0.29) is 0 Å². The predicted octanol–water partition coefficient (Wildman–Crippen LogP) is 2.92. The van der Waals surface area contributed by atoms with Gasteiger partial charge in [0.2, 0.25) is 0 Å². The molecule has 0 amide bonds. The van der Waals surface area contributed by atoms with Crippen molar-refractivity contribution in [3.63, 3.8) is 0 Å². The van der Waals surface area contributed by atoms with Crippen molar-refractivity contribution >= 4 is 26.7 Å². The first kappa shape index (κ1) is 12.7. The van der Waals surface area contributed by atoms with Gasteiger partial charge < -0.3 is 14.4 Å². The Bertz CT molecular complexity index is 564. The van der Waals surface area contributed by atoms with Crippen LogP contribution < -0.4 is 9.64 Å². The molecule has 5 heteroatoms. The summed E-state index contributed by atoms with van der Waals surface area (Å²) in [4.78, 5) is 7.02. The maximum absolute atomic E-state index is 5.42. The van der Waals surface area contributed by atoms with Crippen molar-refractivity contribution < 1.29 is 9.47 Å². The Kier molecular flexibility index (Phi) is 3.57. The number of nitrogens with zero attached hydrogens (tertiary/aromatic N) is 2. The second kappa shape index (κ2) is 5.35. The fourth-order valence-corrected chi connectivity index (χ4v) is 3.47. The normalized spacial score (nSPS) is 16.7. The van der Waals surface area contributed by atoms with Crippen LogP contribution in [0.2, 0.25) is 0 Å². The second-order valence-corrected chi connectivity index (χ2v) is 5.77. The van der Waals surface area contributed by atoms with Crippen molar-refractivity contribution in [2.24, 2.45) is 0 Å². The molecule has 1 saturated heterocycles. The summed E-state index contributed by atoms with van der Waals surface area (Å²) in [5.41, 5.74) is 0.962. The third-order valence-electron chi connectivity index (χ3n) is 3.63. The highest BCUT2D eigenvalue weighted by Crippen LogP contribution is 2.35. The van der Waals surface area contributed by atoms with E-state index in [9.17, 15) is 0 Å². The van der Waals surface area contributed by atoms with Crippen LogP contribution in [0.15, 0.2) is 18.2 Å². The van der Waals surface area contributed by atoms with Gasteiger partial charge in [-0.05, 0) is 25.0 Å². The number of ether oxygens (including phenoxy) is 2. The molecule has 102 valence electrons. The summed E-state index contributed by atoms with van der Waals surface area (Å²) in [5.74, 6) is 0.848. The minimum atomic E-state index is 0.528. The number of fused-ring (bicyclic) bond motifs is 1. The highest BCUT2D eigenvalue weighted by molar-refractivity contribution is 7.22. The summed E-state index contributed by atoms with van der Waals surface area (Å²) in [5, 5.41) is 1.06. The molecule has 0 aliphatic carbocycles. The van der Waals surface area contributed by atoms with Crippen molar-refractivity contribution in [1.29, 1.82) is 0 Å². The lowest BCUT2D eigenvalue weighted by Crippen LogP contribution is -2.36. The van der Waals surface area contributed by atoms with E-state index >= 15 is 0 Å². The summed E-state index contributed by atoms with van der Waals surface area (Å²) >= 11 is 1.72. The molecule has 19 heavy (non-hydrogen) atoms. The SMILES string of the molecule is COc1cccc2sc(N(C)C3CCOCC3)nc12. The van der Waals surface area contributed by atoms with Crippen LogP contribution in [0.25, 0.3) is 10.2 Å². The average Bonchev–Trinajstić information content (AvgIpc) is 2.91. The summed E-state index contributed by atoms with van der Waals surface area (Å²) in [7, 11) is 3.82. The van der Waals surface area contributed by atoms with E-state index in [4.69, 9.17) is 14.5 Å². The van der Waals surface area contributed by atoms with Crippen LogP contribution in [-0.4, -0.2) is 38.4 Å². The van der Waals surface area contributed by atoms with Gasteiger partial charge in [0.1, 0.15) is 11.3 Å². The molecule has 0 radical (unpaired) electrons. The minimum absolute atomic E-state index is 0.528. The molecule has 0 unspecified atom stereocenters. The zero-order valence-corrected chi connectivity index (χ0v) is 12.1. The molecule has 3 rings (SSSR count). The second-order valence-electron chi connectivity index (χ2n) is 4.76. The Morgan fingerprint density at radius 2 is 2.16 bits per heavy atom. The summed E-state index contributed by atoms with van der Waals surface area (Å²) < 4.78 is 12.0. The minimum Gasteiger partial charge on any atom is -0.494 e. The van der Waals surface area contributed by atoms with Gasteiger partial charge in [-0.3, -0.25) is 0 Å². The molecule has 0 atom stereocenters. The number of thiazole rings is 1. The van der Waals surface area contributed by atoms with Crippen LogP contribution in [0.1, 0.15) is 12.8 Å². The van der Waals surface area contributed by atoms with Gasteiger partial charge in [0.05, 0.1) is 11.8 Å². The van der Waals surface area contributed by atoms with Gasteiger partial charge in [-0.1, -0.05) is 17.4 Å². The van der Waals surface area contributed by atoms with E-state index in [0.29, 0.717) is 6.04 Å². The molecular weight excluding hydrogens is 260 g/mol. The molecule has 0 bridgehead atoms. The van der Waals surface area contributed by atoms with Crippen molar-refractivity contribution in [2.75, 3.05) is 32.3 Å². The molecule has 1 aliphatic rings. The monoisotopic (exact) mass is 278 g/mol. The summed E-state index contributed by atoms with van der Waals surface area (Å²) in [6.07, 6.45) is 2.15. The number of para-hydroxylation sites is 1. The highest BCUT2D eigenvalue weighted by Gasteiger charge is 2.21. The van der Waals surface area contributed by atoms with Gasteiger partial charge in [0.15, 0.2) is 5.13 Å². The third kappa shape index (κ3) is 2.40. The molecule has 1 aromatic heterocycles. The molecule has 0 N–H and O–H groups in total. The average molecular weight is 278 g/mol. The number of benzene rings is 1. The lowest BCUT2D eigenvalue weighted by atomic mass is 10.1. The topological polar surface area (TPSA) is 34.6 Å². The summed E-state index contributed by atoms with van der Waals surface area (Å²) in [6, 6.07) is 6.59. The van der Waals surface area contributed by atoms with Gasteiger partial charge >= 0.3 is 0 Å². The molecule has 0 spiro atoms. The zero-order valence-electron chi connectivity index (χ0n) is 11.3. The van der Waals surface area contributed by atoms with E-state index in [1.807, 2.05) is 12.1 Å². The van der Waals surface area contributed by atoms with Gasteiger partial charge in [-0.25, -0.2) is 4.98 Å². The number of aromatic nitrogens is 1. The third-order valence-corrected chi connectivity index (χ3v) is 4.74. The first-order chi connectivity index (χ1) is 9.29. The number of anilines is 1. The van der Waals surface area contributed by atoms with E-state index in [2.05, 4.69) is 18.0 Å². The van der Waals surface area contributed by atoms with Gasteiger partial charge in [0, 0.05) is 26.3 Å². The first-order valence-corrected chi connectivity index (χ1v) is 7.35. The Morgan fingerprint density at radius 3 is 2.89 bits per heavy atom. The number of methoxy groups -OCH3 is 1. The molecule has 2 heterocycles. The van der Waals surface area contributed by atoms with Crippen LogP contribution >= 0.6 is 11.3 Å². The molecule has 2 aromatic rings. The van der Waals surface area contributed by atoms with Crippen molar-refractivity contribution in [2.45, 2.75) is 18.9 Å². The van der Waals surface area contributed by atoms with E-state index < -0.39 is 0 Å². The number of hydrogen-bond acceptors (Lipinski definition) is 5. The van der Waals surface area contributed by atoms with Crippen molar-refractivity contribution in [3.8, 4) is 5.75 Å². The van der Waals surface area contributed by atoms with E-state index in [1.54, 1.807) is 18.4 Å². The van der Waals surface area contributed by atoms with Crippen molar-refractivity contribution in [1.82, 2.24) is 4.98 Å². The molecule has 4 nitrogen and oxygen atoms in total. The molecule has 0 saturated carbocycles. The quantitative estimate of drug-likeness (QED) is 0.864. The van der Waals surface area contributed by atoms with E-state index in [1.165, 1.54) is 4.70 Å². The van der Waals surface area contributed by atoms with Crippen LogP contribution in [0, 0.1) is 0 Å². The smallest absolute Gasteiger partial charge is 0.186 e. The van der Waals surface area contributed by atoms with E-state index in [0.717, 1.165) is 42.5 Å². The van der Waals surface area contributed by atoms with Gasteiger partial charge in [0.25, 0.3) is 0 Å². The predicted molar refractivity (Wildman–Crippen MR) is 78.4 cm³/mol. The van der Waals surface area contributed by atoms with Crippen LogP contribution in [-0.2, 0) is 4.74 Å². The van der Waals surface area contributed by atoms with Crippen LogP contribution in [0.5, 0.6) is 5.75 Å². The molecule has 1 aliphatic heterocycles. The Balaban J connectivity index is 1.92. The number of rotatable bonds is 3.